The second-order valence-corrected chi connectivity index (χ2v) is 2.87. The third-order valence-corrected chi connectivity index (χ3v) is 1.83. The summed E-state index contributed by atoms with van der Waals surface area (Å²) in [6, 6.07) is 6.61. The normalized spacial score (nSPS) is 11.4. The molecule has 0 spiro atoms. The monoisotopic (exact) mass is 207 g/mol. The Kier molecular flexibility index (Phi) is 3.53. The van der Waals surface area contributed by atoms with Crippen molar-refractivity contribution in [2.75, 3.05) is 0 Å². The number of rotatable bonds is 1. The van der Waals surface area contributed by atoms with E-state index < -0.39 is 6.18 Å². The van der Waals surface area contributed by atoms with E-state index in [1.54, 1.807) is 24.3 Å². The Labute approximate surface area is 96.4 Å². The zero-order valence-electron chi connectivity index (χ0n) is 7.01. The van der Waals surface area contributed by atoms with Crippen LogP contribution in [0.1, 0.15) is 5.56 Å². The van der Waals surface area contributed by atoms with Crippen LogP contribution in [-0.4, -0.2) is 25.0 Å². The van der Waals surface area contributed by atoms with Gasteiger partial charge in [-0.25, -0.2) is 0 Å². The molecule has 0 unspecified atom stereocenters. The summed E-state index contributed by atoms with van der Waals surface area (Å²) in [7, 11) is 0. The van der Waals surface area contributed by atoms with Crippen LogP contribution < -0.4 is 0 Å². The van der Waals surface area contributed by atoms with Gasteiger partial charge in [0.15, 0.2) is 0 Å². The number of benzene rings is 1. The van der Waals surface area contributed by atoms with Gasteiger partial charge in [-0.05, 0) is 6.07 Å². The molecule has 0 aliphatic rings. The van der Waals surface area contributed by atoms with Crippen molar-refractivity contribution in [1.82, 2.24) is 0 Å². The average Bonchev–Trinajstić information content (AvgIpc) is 2.47. The number of alkyl halides is 3. The van der Waals surface area contributed by atoms with Gasteiger partial charge < -0.3 is 4.42 Å². The molecule has 1 heterocycles. The molecule has 0 N–H and O–H groups in total. The Hall–Kier alpha value is -0.853. The van der Waals surface area contributed by atoms with Crippen molar-refractivity contribution >= 4 is 29.8 Å². The van der Waals surface area contributed by atoms with Gasteiger partial charge in [-0.1, -0.05) is 18.2 Å². The molecule has 0 fully saturated rings. The molecule has 0 amide bonds. The molecule has 0 aliphatic carbocycles. The number of hydrogen-bond donors (Lipinski definition) is 0. The Balaban J connectivity index is 0.00000112. The molecule has 2 rings (SSSR count). The second-order valence-electron chi connectivity index (χ2n) is 2.87. The van der Waals surface area contributed by atoms with Crippen LogP contribution in [0.2, 0.25) is 0 Å². The fourth-order valence-corrected chi connectivity index (χ4v) is 1.29. The summed E-state index contributed by atoms with van der Waals surface area (Å²) in [5, 5.41) is 0.477. The van der Waals surface area contributed by atoms with Crippen molar-refractivity contribution in [1.29, 1.82) is 0 Å². The van der Waals surface area contributed by atoms with Gasteiger partial charge in [-0.2, -0.15) is 13.2 Å². The molecular weight excluding hydrogens is 200 g/mol. The zero-order valence-corrected chi connectivity index (χ0v) is 7.01. The number of halogens is 3. The fourth-order valence-electron chi connectivity index (χ4n) is 1.29. The molecule has 1 nitrogen and oxygen atoms in total. The van der Waals surface area contributed by atoms with Crippen molar-refractivity contribution in [3.05, 3.63) is 42.5 Å². The molecule has 2 aromatic rings. The minimum atomic E-state index is -4.31. The van der Waals surface area contributed by atoms with E-state index in [4.69, 9.17) is 4.42 Å². The first-order valence-corrected chi connectivity index (χ1v) is 3.95. The van der Waals surface area contributed by atoms with Crippen LogP contribution in [0.15, 0.2) is 34.9 Å². The van der Waals surface area contributed by atoms with Gasteiger partial charge in [-0.3, -0.25) is 0 Å². The van der Waals surface area contributed by atoms with E-state index in [1.165, 1.54) is 0 Å². The first-order valence-electron chi connectivity index (χ1n) is 3.95. The molecule has 75 valence electrons. The predicted octanol–water partition coefficient (Wildman–Crippen LogP) is 2.90. The van der Waals surface area contributed by atoms with Crippen LogP contribution in [0.5, 0.6) is 0 Å². The summed E-state index contributed by atoms with van der Waals surface area (Å²) in [6.07, 6.45) is -2.97. The quantitative estimate of drug-likeness (QED) is 0.655. The standard InChI is InChI=1S/C10H6F3O.Li.H/c11-10(12,13)5-7-6-14-9-4-2-1-3-8(7)9;;/h1-6H;;. The van der Waals surface area contributed by atoms with Crippen molar-refractivity contribution in [2.45, 2.75) is 6.18 Å². The van der Waals surface area contributed by atoms with E-state index in [1.807, 2.05) is 0 Å². The van der Waals surface area contributed by atoms with Gasteiger partial charge in [0.2, 0.25) is 0 Å². The fraction of sp³-hybridized carbons (Fsp3) is 0.100. The number of furan rings is 1. The molecule has 0 aliphatic heterocycles. The molecule has 0 saturated carbocycles. The summed E-state index contributed by atoms with van der Waals surface area (Å²) in [5.41, 5.74) is 0.524. The van der Waals surface area contributed by atoms with Gasteiger partial charge in [0.1, 0.15) is 5.58 Å². The van der Waals surface area contributed by atoms with E-state index in [0.717, 1.165) is 6.26 Å². The molecule has 1 aromatic carbocycles. The number of fused-ring (bicyclic) bond motifs is 1. The van der Waals surface area contributed by atoms with Crippen LogP contribution in [0.4, 0.5) is 13.2 Å². The van der Waals surface area contributed by atoms with Gasteiger partial charge in [0.25, 0.3) is 0 Å². The first-order chi connectivity index (χ1) is 6.56. The van der Waals surface area contributed by atoms with Crippen LogP contribution in [-0.2, 0) is 0 Å². The van der Waals surface area contributed by atoms with Gasteiger partial charge >= 0.3 is 25.0 Å². The van der Waals surface area contributed by atoms with Crippen LogP contribution in [0, 0.1) is 6.42 Å². The third-order valence-electron chi connectivity index (χ3n) is 1.83. The molecule has 0 saturated heterocycles. The third kappa shape index (κ3) is 2.80. The van der Waals surface area contributed by atoms with Crippen LogP contribution >= 0.6 is 0 Å². The van der Waals surface area contributed by atoms with E-state index in [0.29, 0.717) is 11.0 Å². The SMILES string of the molecule is FC(F)(F)[CH]c1coc2ccccc12.[LiH]. The summed E-state index contributed by atoms with van der Waals surface area (Å²) in [5.74, 6) is 0. The van der Waals surface area contributed by atoms with Crippen LogP contribution in [0.25, 0.3) is 11.0 Å². The second kappa shape index (κ2) is 4.34. The van der Waals surface area contributed by atoms with Crippen molar-refractivity contribution in [3.8, 4) is 0 Å². The number of hydrogen-bond acceptors (Lipinski definition) is 1. The van der Waals surface area contributed by atoms with Gasteiger partial charge in [-0.15, -0.1) is 0 Å². The first kappa shape index (κ1) is 12.2. The topological polar surface area (TPSA) is 13.1 Å². The summed E-state index contributed by atoms with van der Waals surface area (Å²) < 4.78 is 41.1. The molecule has 1 radical (unpaired) electrons. The Morgan fingerprint density at radius 1 is 1.13 bits per heavy atom. The van der Waals surface area contributed by atoms with E-state index in [9.17, 15) is 13.2 Å². The average molecular weight is 207 g/mol. The van der Waals surface area contributed by atoms with Crippen molar-refractivity contribution in [3.63, 3.8) is 0 Å². The Morgan fingerprint density at radius 3 is 2.47 bits per heavy atom. The van der Waals surface area contributed by atoms with Crippen LogP contribution in [0.3, 0.4) is 0 Å². The van der Waals surface area contributed by atoms with E-state index in [-0.39, 0.29) is 30.8 Å². The zero-order chi connectivity index (χ0) is 10.2. The Bertz CT molecular complexity index is 447. The van der Waals surface area contributed by atoms with E-state index in [2.05, 4.69) is 0 Å². The van der Waals surface area contributed by atoms with Crippen molar-refractivity contribution in [2.24, 2.45) is 0 Å². The maximum absolute atomic E-state index is 12.0. The van der Waals surface area contributed by atoms with E-state index >= 15 is 0 Å². The van der Waals surface area contributed by atoms with Crippen molar-refractivity contribution < 1.29 is 17.6 Å². The summed E-state index contributed by atoms with van der Waals surface area (Å²) >= 11 is 0. The van der Waals surface area contributed by atoms with Gasteiger partial charge in [0, 0.05) is 10.9 Å². The molecule has 0 bridgehead atoms. The maximum atomic E-state index is 12.0. The minimum absolute atomic E-state index is 0. The molecule has 15 heavy (non-hydrogen) atoms. The molecular formula is C10H7F3LiO. The Morgan fingerprint density at radius 2 is 1.80 bits per heavy atom. The summed E-state index contributed by atoms with van der Waals surface area (Å²) in [6.45, 7) is 0. The number of para-hydroxylation sites is 1. The van der Waals surface area contributed by atoms with Gasteiger partial charge in [0.05, 0.1) is 12.7 Å². The molecule has 5 heteroatoms. The molecule has 0 atom stereocenters. The predicted molar refractivity (Wildman–Crippen MR) is 52.8 cm³/mol. The summed E-state index contributed by atoms with van der Waals surface area (Å²) in [4.78, 5) is 0. The molecule has 1 aromatic heterocycles.